The Morgan fingerprint density at radius 3 is 2.41 bits per heavy atom. The van der Waals surface area contributed by atoms with Crippen molar-refractivity contribution in [3.05, 3.63) is 118 Å². The number of nitriles is 1. The summed E-state index contributed by atoms with van der Waals surface area (Å²) >= 11 is 0. The molecular formula is C28H22N4O2. The first kappa shape index (κ1) is 21.2. The summed E-state index contributed by atoms with van der Waals surface area (Å²) in [4.78, 5) is 17.0. The third kappa shape index (κ3) is 3.63. The second kappa shape index (κ2) is 8.38. The Balaban J connectivity index is 1.78. The molecule has 1 N–H and O–H groups in total. The highest BCUT2D eigenvalue weighted by Gasteiger charge is 2.21. The number of imidazole rings is 1. The van der Waals surface area contributed by atoms with Crippen molar-refractivity contribution in [1.29, 1.82) is 5.26 Å². The molecule has 0 unspecified atom stereocenters. The monoisotopic (exact) mass is 446 g/mol. The molecule has 0 aliphatic rings. The van der Waals surface area contributed by atoms with E-state index >= 15 is 0 Å². The van der Waals surface area contributed by atoms with Gasteiger partial charge in [-0.1, -0.05) is 30.3 Å². The molecule has 0 aliphatic heterocycles. The highest BCUT2D eigenvalue weighted by molar-refractivity contribution is 5.95. The van der Waals surface area contributed by atoms with Gasteiger partial charge >= 0.3 is 0 Å². The van der Waals surface area contributed by atoms with Crippen molar-refractivity contribution in [3.63, 3.8) is 0 Å². The summed E-state index contributed by atoms with van der Waals surface area (Å²) in [5.74, 6) is 0.0201. The Morgan fingerprint density at radius 2 is 1.74 bits per heavy atom. The van der Waals surface area contributed by atoms with E-state index in [1.807, 2.05) is 60.3 Å². The molecule has 0 amide bonds. The second-order valence-corrected chi connectivity index (χ2v) is 8.38. The Hall–Kier alpha value is -4.63. The van der Waals surface area contributed by atoms with Gasteiger partial charge in [0.2, 0.25) is 0 Å². The molecule has 2 heterocycles. The number of fused-ring (bicyclic) bond motifs is 1. The number of hydrogen-bond acceptors (Lipinski definition) is 4. The van der Waals surface area contributed by atoms with Crippen LogP contribution >= 0.6 is 0 Å². The third-order valence-electron chi connectivity index (χ3n) is 6.28. The first-order chi connectivity index (χ1) is 16.5. The Morgan fingerprint density at radius 1 is 0.971 bits per heavy atom. The van der Waals surface area contributed by atoms with E-state index in [4.69, 9.17) is 0 Å². The molecule has 0 bridgehead atoms. The quantitative estimate of drug-likeness (QED) is 0.434. The number of rotatable bonds is 4. The van der Waals surface area contributed by atoms with E-state index in [2.05, 4.69) is 17.1 Å². The number of nitrogens with zero attached hydrogens (tertiary/aromatic N) is 4. The van der Waals surface area contributed by atoms with Crippen LogP contribution in [0.1, 0.15) is 28.3 Å². The van der Waals surface area contributed by atoms with Crippen LogP contribution in [0, 0.1) is 11.3 Å². The van der Waals surface area contributed by atoms with Gasteiger partial charge in [-0.2, -0.15) is 5.26 Å². The van der Waals surface area contributed by atoms with Crippen LogP contribution in [0.25, 0.3) is 22.0 Å². The summed E-state index contributed by atoms with van der Waals surface area (Å²) in [6, 6.07) is 24.4. The fourth-order valence-electron chi connectivity index (χ4n) is 4.50. The zero-order valence-corrected chi connectivity index (χ0v) is 18.8. The standard InChI is InChI=1S/C28H22N4O2/c1-31-17-30-16-26(31)28(19-8-6-18(15-29)7-9-19)21-10-11-25-24(13-21)23(14-27(34)32(25)2)20-4-3-5-22(33)12-20/h3-14,16-17,28,33H,1-2H3/t28-/m0/s1. The van der Waals surface area contributed by atoms with Crippen LogP contribution in [-0.2, 0) is 14.1 Å². The molecule has 3 aromatic carbocycles. The summed E-state index contributed by atoms with van der Waals surface area (Å²) in [5.41, 5.74) is 5.90. The van der Waals surface area contributed by atoms with Crippen molar-refractivity contribution < 1.29 is 5.11 Å². The van der Waals surface area contributed by atoms with Crippen LogP contribution in [0.3, 0.4) is 0 Å². The lowest BCUT2D eigenvalue weighted by atomic mass is 9.86. The number of phenolic OH excluding ortho intramolecular Hbond substituents is 1. The predicted octanol–water partition coefficient (Wildman–Crippen LogP) is 4.70. The van der Waals surface area contributed by atoms with Crippen molar-refractivity contribution >= 4 is 10.9 Å². The average Bonchev–Trinajstić information content (AvgIpc) is 3.27. The van der Waals surface area contributed by atoms with Crippen molar-refractivity contribution in [2.75, 3.05) is 0 Å². The van der Waals surface area contributed by atoms with Crippen molar-refractivity contribution in [1.82, 2.24) is 14.1 Å². The molecule has 1 atom stereocenters. The molecule has 6 heteroatoms. The lowest BCUT2D eigenvalue weighted by Gasteiger charge is -2.20. The van der Waals surface area contributed by atoms with Gasteiger partial charge < -0.3 is 14.2 Å². The smallest absolute Gasteiger partial charge is 0.251 e. The van der Waals surface area contributed by atoms with Crippen LogP contribution in [-0.4, -0.2) is 19.2 Å². The largest absolute Gasteiger partial charge is 0.508 e. The van der Waals surface area contributed by atoms with E-state index in [1.54, 1.807) is 42.2 Å². The lowest BCUT2D eigenvalue weighted by Crippen LogP contribution is -2.16. The van der Waals surface area contributed by atoms with Crippen LogP contribution in [0.15, 0.2) is 90.1 Å². The summed E-state index contributed by atoms with van der Waals surface area (Å²) in [5, 5.41) is 20.2. The summed E-state index contributed by atoms with van der Waals surface area (Å²) in [6.45, 7) is 0. The molecule has 0 aliphatic carbocycles. The minimum atomic E-state index is -0.126. The van der Waals surface area contributed by atoms with Gasteiger partial charge in [-0.15, -0.1) is 0 Å². The fourth-order valence-corrected chi connectivity index (χ4v) is 4.50. The SMILES string of the molecule is Cn1cncc1[C@@H](c1ccc(C#N)cc1)c1ccc2c(c1)c(-c1cccc(O)c1)cc(=O)n2C. The normalized spacial score (nSPS) is 11.9. The number of pyridine rings is 1. The number of phenols is 1. The predicted molar refractivity (Wildman–Crippen MR) is 132 cm³/mol. The molecular weight excluding hydrogens is 424 g/mol. The van der Waals surface area contributed by atoms with Crippen LogP contribution in [0.4, 0.5) is 0 Å². The molecule has 0 saturated carbocycles. The number of aromatic hydroxyl groups is 1. The van der Waals surface area contributed by atoms with Crippen molar-refractivity contribution in [2.24, 2.45) is 14.1 Å². The first-order valence-corrected chi connectivity index (χ1v) is 10.9. The summed E-state index contributed by atoms with van der Waals surface area (Å²) < 4.78 is 3.62. The molecule has 0 spiro atoms. The number of benzene rings is 3. The van der Waals surface area contributed by atoms with Crippen LogP contribution in [0.2, 0.25) is 0 Å². The van der Waals surface area contributed by atoms with E-state index in [9.17, 15) is 15.2 Å². The number of aromatic nitrogens is 3. The summed E-state index contributed by atoms with van der Waals surface area (Å²) in [6.07, 6.45) is 3.62. The maximum Gasteiger partial charge on any atom is 0.251 e. The molecule has 2 aromatic heterocycles. The zero-order valence-electron chi connectivity index (χ0n) is 18.8. The minimum Gasteiger partial charge on any atom is -0.508 e. The molecule has 166 valence electrons. The van der Waals surface area contributed by atoms with E-state index < -0.39 is 0 Å². The highest BCUT2D eigenvalue weighted by atomic mass is 16.3. The molecule has 5 rings (SSSR count). The minimum absolute atomic E-state index is 0.117. The third-order valence-corrected chi connectivity index (χ3v) is 6.28. The van der Waals surface area contributed by atoms with Gasteiger partial charge in [-0.3, -0.25) is 4.79 Å². The number of aryl methyl sites for hydroxylation is 2. The Labute approximate surface area is 196 Å². The fraction of sp³-hybridized carbons (Fsp3) is 0.107. The molecule has 5 aromatic rings. The van der Waals surface area contributed by atoms with Crippen LogP contribution < -0.4 is 5.56 Å². The highest BCUT2D eigenvalue weighted by Crippen LogP contribution is 2.36. The van der Waals surface area contributed by atoms with Crippen LogP contribution in [0.5, 0.6) is 5.75 Å². The molecule has 0 fully saturated rings. The van der Waals surface area contributed by atoms with E-state index in [-0.39, 0.29) is 17.2 Å². The van der Waals surface area contributed by atoms with Crippen molar-refractivity contribution in [3.8, 4) is 22.9 Å². The Bertz CT molecular complexity index is 1620. The van der Waals surface area contributed by atoms with Gasteiger partial charge in [0.1, 0.15) is 5.75 Å². The Kier molecular flexibility index (Phi) is 5.23. The van der Waals surface area contributed by atoms with Gasteiger partial charge in [0.25, 0.3) is 5.56 Å². The van der Waals surface area contributed by atoms with E-state index in [0.717, 1.165) is 38.9 Å². The summed E-state index contributed by atoms with van der Waals surface area (Å²) in [7, 11) is 3.72. The molecule has 0 radical (unpaired) electrons. The van der Waals surface area contributed by atoms with Gasteiger partial charge in [-0.25, -0.2) is 4.98 Å². The van der Waals surface area contributed by atoms with Gasteiger partial charge in [0.05, 0.1) is 29.4 Å². The van der Waals surface area contributed by atoms with E-state index in [1.165, 1.54) is 0 Å². The maximum atomic E-state index is 12.7. The first-order valence-electron chi connectivity index (χ1n) is 10.9. The lowest BCUT2D eigenvalue weighted by molar-refractivity contribution is 0.475. The number of hydrogen-bond donors (Lipinski definition) is 1. The molecule has 34 heavy (non-hydrogen) atoms. The second-order valence-electron chi connectivity index (χ2n) is 8.38. The molecule has 6 nitrogen and oxygen atoms in total. The topological polar surface area (TPSA) is 83.8 Å². The zero-order chi connectivity index (χ0) is 23.8. The molecule has 0 saturated heterocycles. The van der Waals surface area contributed by atoms with E-state index in [0.29, 0.717) is 5.56 Å². The van der Waals surface area contributed by atoms with Gasteiger partial charge in [0.15, 0.2) is 0 Å². The van der Waals surface area contributed by atoms with Crippen molar-refractivity contribution in [2.45, 2.75) is 5.92 Å². The maximum absolute atomic E-state index is 12.7. The van der Waals surface area contributed by atoms with Gasteiger partial charge in [0, 0.05) is 37.4 Å². The average molecular weight is 447 g/mol. The van der Waals surface area contributed by atoms with Gasteiger partial charge in [-0.05, 0) is 58.7 Å².